The number of allylic oxidation sites excluding steroid dienone is 1. The summed E-state index contributed by atoms with van der Waals surface area (Å²) in [5.74, 6) is -2.83. The molecule has 3 unspecified atom stereocenters. The number of aromatic nitrogens is 2. The van der Waals surface area contributed by atoms with E-state index in [1.54, 1.807) is 6.20 Å². The number of carboxylic acid groups (broad SMARTS) is 2. The first kappa shape index (κ1) is 70.4. The molecule has 6 atom stereocenters. The van der Waals surface area contributed by atoms with Crippen LogP contribution < -0.4 is 69.2 Å². The first-order valence-electron chi connectivity index (χ1n) is 28.7. The molecule has 0 saturated carbocycles. The number of aliphatic imine (C=N–C) groups is 1. The van der Waals surface area contributed by atoms with Crippen molar-refractivity contribution in [2.45, 2.75) is 88.8 Å². The maximum Gasteiger partial charge on any atom is 1.00 e. The van der Waals surface area contributed by atoms with Crippen LogP contribution >= 0.6 is 0 Å². The second-order valence-electron chi connectivity index (χ2n) is 22.0. The van der Waals surface area contributed by atoms with E-state index in [-0.39, 0.29) is 91.9 Å². The van der Waals surface area contributed by atoms with Gasteiger partial charge >= 0.3 is 62.1 Å². The second-order valence-corrected chi connectivity index (χ2v) is 22.0. The zero-order chi connectivity index (χ0) is 62.1. The molecule has 0 radical (unpaired) electrons. The van der Waals surface area contributed by atoms with E-state index in [0.717, 1.165) is 76.3 Å². The summed E-state index contributed by atoms with van der Waals surface area (Å²) < 4.78 is 33.8. The van der Waals surface area contributed by atoms with Crippen LogP contribution in [0.4, 0.5) is 19.2 Å². The van der Waals surface area contributed by atoms with Gasteiger partial charge in [-0.25, -0.2) is 24.2 Å². The number of carboxylic acids is 2. The number of aromatic amines is 1. The van der Waals surface area contributed by atoms with Crippen LogP contribution in [-0.2, 0) is 58.9 Å². The number of ether oxygens (including phenoxy) is 7. The third-order valence-electron chi connectivity index (χ3n) is 15.9. The van der Waals surface area contributed by atoms with Crippen LogP contribution in [0.3, 0.4) is 0 Å². The molecule has 5 saturated heterocycles. The Kier molecular flexibility index (Phi) is 26.7. The van der Waals surface area contributed by atoms with Crippen LogP contribution in [0.2, 0.25) is 0 Å². The number of rotatable bonds is 19. The predicted octanol–water partition coefficient (Wildman–Crippen LogP) is -2.87. The van der Waals surface area contributed by atoms with Gasteiger partial charge in [0, 0.05) is 49.2 Å². The molecule has 466 valence electrons. The van der Waals surface area contributed by atoms with Gasteiger partial charge in [-0.05, 0) is 65.0 Å². The van der Waals surface area contributed by atoms with E-state index >= 15 is 0 Å². The molecule has 0 spiro atoms. The Morgan fingerprint density at radius 3 is 1.55 bits per heavy atom. The average Bonchev–Trinajstić information content (AvgIpc) is 2.64. The molecule has 3 aromatic carbocycles. The third-order valence-corrected chi connectivity index (χ3v) is 15.9. The Morgan fingerprint density at radius 1 is 0.596 bits per heavy atom. The van der Waals surface area contributed by atoms with Gasteiger partial charge in [0.25, 0.3) is 0 Å². The van der Waals surface area contributed by atoms with Gasteiger partial charge in [0.05, 0.1) is 109 Å². The molecule has 6 aliphatic heterocycles. The van der Waals surface area contributed by atoms with E-state index in [0.29, 0.717) is 59.2 Å². The second kappa shape index (κ2) is 33.8. The van der Waals surface area contributed by atoms with Gasteiger partial charge in [0.1, 0.15) is 24.5 Å². The number of methoxy groups -OCH3 is 3. The van der Waals surface area contributed by atoms with E-state index < -0.39 is 60.5 Å². The van der Waals surface area contributed by atoms with Gasteiger partial charge in [0.15, 0.2) is 0 Å². The number of amides is 6. The fraction of sp³-hybridized carbons (Fsp3) is 0.475. The number of likely N-dealkylation sites (tertiary alicyclic amines) is 2. The predicted molar refractivity (Wildman–Crippen MR) is 307 cm³/mol. The smallest absolute Gasteiger partial charge is 0.548 e. The Hall–Kier alpha value is -7.69. The summed E-state index contributed by atoms with van der Waals surface area (Å²) in [6.07, 6.45) is 4.93. The van der Waals surface area contributed by atoms with E-state index in [2.05, 4.69) is 84.5 Å². The zero-order valence-electron chi connectivity index (χ0n) is 51.1. The standard InChI is InChI=1S/C41H49N7O7.C13H15NO5.C7H11NO5.2Li/c1-24(2)35(45-40(51)53-3)38(49)47-17-5-7-33(47)31-19-29(20-42-31)27-11-9-25(10-12-27)26-13-15-28(16-14-26)32-21-43-37(44-32)34-8-6-18-48(34)39(50)36(30-22-55-23-30)46-41(52)54-4;15-12(16)11(10-7-18-8-10)14-13(17)19-6-9-4-2-1-3-5-9;1-12-7(11)8-5(6(9)10)4-2-13-3-4;;/h9-16,20-21,24,30,33-36H,5-8,17-19,22-23H2,1-4H3,(H,43,44)(H,45,51)(H,46,52);1-5,10-11H,6-8H2,(H,14,17)(H,15,16);4-5H,2-3H2,1H3,(H,8,11)(H,9,10);;/q;;;2*+1/p-2/t33-,34-,35-,36?;;;;/m0..../s1. The van der Waals surface area contributed by atoms with Crippen molar-refractivity contribution in [2.75, 3.05) is 74.1 Å². The topological polar surface area (TPSA) is 343 Å². The Morgan fingerprint density at radius 2 is 1.06 bits per heavy atom. The first-order valence-corrected chi connectivity index (χ1v) is 28.7. The molecule has 6 amide bonds. The van der Waals surface area contributed by atoms with Crippen molar-refractivity contribution in [1.82, 2.24) is 41.0 Å². The first-order chi connectivity index (χ1) is 42.0. The molecule has 1 aromatic heterocycles. The number of imidazole rings is 1. The Bertz CT molecular complexity index is 3120. The maximum absolute atomic E-state index is 13.7. The molecule has 28 heteroatoms. The summed E-state index contributed by atoms with van der Waals surface area (Å²) in [6, 6.07) is 22.1. The third kappa shape index (κ3) is 18.5. The minimum Gasteiger partial charge on any atom is -0.548 e. The molecule has 4 aromatic rings. The van der Waals surface area contributed by atoms with Crippen LogP contribution in [0.25, 0.3) is 28.0 Å². The monoisotopic (exact) mass is 1220 g/mol. The van der Waals surface area contributed by atoms with Crippen molar-refractivity contribution >= 4 is 59.4 Å². The van der Waals surface area contributed by atoms with Gasteiger partial charge in [0.2, 0.25) is 11.8 Å². The fourth-order valence-corrected chi connectivity index (χ4v) is 10.7. The summed E-state index contributed by atoms with van der Waals surface area (Å²) in [5.41, 5.74) is 7.98. The van der Waals surface area contributed by atoms with Crippen molar-refractivity contribution in [3.05, 3.63) is 108 Å². The molecular formula is C61H73Li2N9O17. The zero-order valence-corrected chi connectivity index (χ0v) is 51.1. The minimum atomic E-state index is -1.33. The molecule has 10 rings (SSSR count). The summed E-state index contributed by atoms with van der Waals surface area (Å²) in [5, 5.41) is 31.3. The number of alkyl carbamates (subject to hydrolysis) is 4. The SMILES string of the molecule is COC(=O)NC(C(=O)N1CCC[C@H]1c1ncc(-c2ccc(-c3ccc(C4=CN=C([C@@H]5CCCN5C(=O)[C@@H](NC(=O)OC)C(C)C)C4)cc3)cc2)[nH]1)C1COC1.COC(=O)NC(C(=O)[O-])C1COC1.O=C(NC(C(=O)[O-])C1COC1)OCc1ccccc1.[Li+].[Li+]. The Balaban J connectivity index is 0.000000302. The number of hydrogen-bond donors (Lipinski definition) is 5. The number of carbonyl (C=O) groups excluding carboxylic acids is 8. The molecule has 6 aliphatic rings. The fourth-order valence-electron chi connectivity index (χ4n) is 10.7. The summed E-state index contributed by atoms with van der Waals surface area (Å²) in [7, 11) is 3.75. The normalized spacial score (nSPS) is 19.0. The number of H-pyrrole nitrogens is 1. The number of nitrogens with one attached hydrogen (secondary N) is 5. The summed E-state index contributed by atoms with van der Waals surface area (Å²) in [6.45, 7) is 7.22. The summed E-state index contributed by atoms with van der Waals surface area (Å²) >= 11 is 0. The van der Waals surface area contributed by atoms with Crippen LogP contribution in [0.1, 0.15) is 68.9 Å². The number of nitrogens with zero attached hydrogens (tertiary/aromatic N) is 4. The molecule has 5 N–H and O–H groups in total. The van der Waals surface area contributed by atoms with Crippen molar-refractivity contribution in [3.63, 3.8) is 0 Å². The van der Waals surface area contributed by atoms with Gasteiger partial charge in [-0.3, -0.25) is 14.6 Å². The van der Waals surface area contributed by atoms with Gasteiger partial charge < -0.3 is 89.0 Å². The largest absolute Gasteiger partial charge is 1.00 e. The van der Waals surface area contributed by atoms with Crippen LogP contribution in [-0.4, -0.2) is 178 Å². The van der Waals surface area contributed by atoms with Gasteiger partial charge in [-0.2, -0.15) is 0 Å². The van der Waals surface area contributed by atoms with Crippen molar-refractivity contribution in [1.29, 1.82) is 0 Å². The van der Waals surface area contributed by atoms with Crippen molar-refractivity contribution in [2.24, 2.45) is 28.7 Å². The molecule has 0 aliphatic carbocycles. The molecular weight excluding hydrogens is 1140 g/mol. The number of benzene rings is 3. The number of carbonyl (C=O) groups is 8. The van der Waals surface area contributed by atoms with Crippen LogP contribution in [0, 0.1) is 23.7 Å². The van der Waals surface area contributed by atoms with Crippen LogP contribution in [0.5, 0.6) is 0 Å². The molecule has 89 heavy (non-hydrogen) atoms. The molecule has 5 fully saturated rings. The molecule has 0 bridgehead atoms. The Labute approximate surface area is 539 Å². The van der Waals surface area contributed by atoms with E-state index in [1.165, 1.54) is 21.3 Å². The van der Waals surface area contributed by atoms with Gasteiger partial charge in [-0.15, -0.1) is 0 Å². The average molecular weight is 1220 g/mol. The van der Waals surface area contributed by atoms with Gasteiger partial charge in [-0.1, -0.05) is 92.7 Å². The van der Waals surface area contributed by atoms with Crippen molar-refractivity contribution in [3.8, 4) is 22.4 Å². The minimum absolute atomic E-state index is 0. The van der Waals surface area contributed by atoms with Crippen molar-refractivity contribution < 1.29 is 119 Å². The molecule has 26 nitrogen and oxygen atoms in total. The van der Waals surface area contributed by atoms with E-state index in [9.17, 15) is 48.6 Å². The summed E-state index contributed by atoms with van der Waals surface area (Å²) in [4.78, 5) is 111. The number of hydrogen-bond acceptors (Lipinski definition) is 19. The quantitative estimate of drug-likeness (QED) is 0.0465. The number of aliphatic carboxylic acids is 2. The van der Waals surface area contributed by atoms with E-state index in [4.69, 9.17) is 33.4 Å². The van der Waals surface area contributed by atoms with E-state index in [1.807, 2.05) is 60.2 Å². The maximum atomic E-state index is 13.7. The van der Waals surface area contributed by atoms with Crippen LogP contribution in [0.15, 0.2) is 96.3 Å². The molecule has 7 heterocycles.